The highest BCUT2D eigenvalue weighted by Gasteiger charge is 2.72. The first-order chi connectivity index (χ1) is 27.8. The number of nitrogens with two attached hydrogens (primary N) is 1. The lowest BCUT2D eigenvalue weighted by Crippen LogP contribution is -2.70. The minimum absolute atomic E-state index is 0.0813. The monoisotopic (exact) mass is 855 g/mol. The highest BCUT2D eigenvalue weighted by atomic mass is 32.2. The van der Waals surface area contributed by atoms with Crippen molar-refractivity contribution in [3.8, 4) is 0 Å². The van der Waals surface area contributed by atoms with Gasteiger partial charge in [-0.05, 0) is 114 Å². The van der Waals surface area contributed by atoms with Crippen LogP contribution in [0.2, 0.25) is 0 Å². The van der Waals surface area contributed by atoms with Gasteiger partial charge in [0.15, 0.2) is 0 Å². The van der Waals surface area contributed by atoms with Crippen LogP contribution in [0.4, 0.5) is 0 Å². The summed E-state index contributed by atoms with van der Waals surface area (Å²) in [7, 11) is -3.69. The molecule has 1 unspecified atom stereocenters. The average Bonchev–Trinajstić information content (AvgIpc) is 3.15. The van der Waals surface area contributed by atoms with Crippen LogP contribution >= 0.6 is 0 Å². The number of ether oxygens (including phenoxy) is 3. The first-order valence-corrected chi connectivity index (χ1v) is 24.0. The molecule has 5 aliphatic rings. The lowest BCUT2D eigenvalue weighted by molar-refractivity contribution is -0.263. The van der Waals surface area contributed by atoms with Crippen molar-refractivity contribution < 1.29 is 42.1 Å². The van der Waals surface area contributed by atoms with E-state index in [4.69, 9.17) is 19.9 Å². The lowest BCUT2D eigenvalue weighted by atomic mass is 9.34. The number of carbonyl (C=O) groups is 3. The van der Waals surface area contributed by atoms with Gasteiger partial charge in [-0.2, -0.15) is 0 Å². The molecule has 4 N–H and O–H groups in total. The first kappa shape index (κ1) is 46.7. The van der Waals surface area contributed by atoms with E-state index in [0.29, 0.717) is 51.2 Å². The van der Waals surface area contributed by atoms with Crippen molar-refractivity contribution >= 4 is 27.9 Å². The number of carboxylic acids is 1. The molecule has 3 saturated carbocycles. The molecule has 1 saturated heterocycles. The fourth-order valence-corrected chi connectivity index (χ4v) is 14.4. The van der Waals surface area contributed by atoms with Gasteiger partial charge in [0.25, 0.3) is 0 Å². The lowest BCUT2D eigenvalue weighted by Gasteiger charge is -2.71. The minimum atomic E-state index is -3.69. The highest BCUT2D eigenvalue weighted by Crippen LogP contribution is 2.75. The molecular formula is C48H74N2O9S. The van der Waals surface area contributed by atoms with Crippen molar-refractivity contribution in [1.82, 2.24) is 4.72 Å². The van der Waals surface area contributed by atoms with Gasteiger partial charge >= 0.3 is 17.9 Å². The number of hydrogen-bond acceptors (Lipinski definition) is 9. The Balaban J connectivity index is 1.17. The Hall–Kier alpha value is -2.80. The second kappa shape index (κ2) is 16.4. The van der Waals surface area contributed by atoms with Crippen LogP contribution in [0, 0.1) is 56.7 Å². The molecule has 0 spiro atoms. The van der Waals surface area contributed by atoms with Crippen molar-refractivity contribution in [3.63, 3.8) is 0 Å². The topological polar surface area (TPSA) is 171 Å². The molecule has 1 aromatic rings. The van der Waals surface area contributed by atoms with Crippen molar-refractivity contribution in [3.05, 3.63) is 41.5 Å². The molecule has 1 aromatic carbocycles. The molecule has 0 radical (unpaired) electrons. The zero-order chi connectivity index (χ0) is 44.4. The molecule has 6 rings (SSSR count). The van der Waals surface area contributed by atoms with Gasteiger partial charge < -0.3 is 25.1 Å². The minimum Gasteiger partial charge on any atom is -0.481 e. The summed E-state index contributed by atoms with van der Waals surface area (Å²) in [5.41, 5.74) is 6.50. The zero-order valence-electron chi connectivity index (χ0n) is 38.2. The van der Waals surface area contributed by atoms with Crippen LogP contribution < -0.4 is 10.5 Å². The second-order valence-electron chi connectivity index (χ2n) is 21.8. The second-order valence-corrected chi connectivity index (χ2v) is 23.6. The van der Waals surface area contributed by atoms with Crippen molar-refractivity contribution in [2.45, 2.75) is 163 Å². The maximum Gasteiger partial charge on any atom is 0.323 e. The average molecular weight is 855 g/mol. The number of carboxylic acid groups (broad SMARTS) is 1. The fourth-order valence-electron chi connectivity index (χ4n) is 13.3. The summed E-state index contributed by atoms with van der Waals surface area (Å²) in [6.07, 6.45) is 6.76. The van der Waals surface area contributed by atoms with Crippen molar-refractivity contribution in [1.29, 1.82) is 0 Å². The molecule has 2 bridgehead atoms. The number of rotatable bonds is 13. The Labute approximate surface area is 359 Å². The predicted molar refractivity (Wildman–Crippen MR) is 231 cm³/mol. The summed E-state index contributed by atoms with van der Waals surface area (Å²) in [5, 5.41) is 11.0. The quantitative estimate of drug-likeness (QED) is 0.0999. The molecule has 11 nitrogen and oxygen atoms in total. The Morgan fingerprint density at radius 1 is 0.967 bits per heavy atom. The van der Waals surface area contributed by atoms with Gasteiger partial charge in [0, 0.05) is 24.3 Å². The first-order valence-electron chi connectivity index (χ1n) is 22.5. The van der Waals surface area contributed by atoms with E-state index in [0.717, 1.165) is 31.2 Å². The fraction of sp³-hybridized carbons (Fsp3) is 0.771. The number of unbranched alkanes of at least 4 members (excludes halogenated alkanes) is 1. The van der Waals surface area contributed by atoms with E-state index in [-0.39, 0.29) is 45.4 Å². The van der Waals surface area contributed by atoms with Gasteiger partial charge in [-0.3, -0.25) is 14.4 Å². The number of sulfonamides is 1. The number of hydrogen-bond donors (Lipinski definition) is 3. The van der Waals surface area contributed by atoms with Crippen LogP contribution in [0.3, 0.4) is 0 Å². The smallest absolute Gasteiger partial charge is 0.323 e. The van der Waals surface area contributed by atoms with Crippen LogP contribution in [0.15, 0.2) is 40.8 Å². The zero-order valence-corrected chi connectivity index (χ0v) is 39.0. The molecule has 0 amide bonds. The third kappa shape index (κ3) is 7.80. The van der Waals surface area contributed by atoms with E-state index >= 15 is 0 Å². The van der Waals surface area contributed by atoms with Gasteiger partial charge in [0.1, 0.15) is 18.2 Å². The molecule has 0 aromatic heterocycles. The van der Waals surface area contributed by atoms with E-state index in [1.165, 1.54) is 12.5 Å². The SMILES string of the molecule is CC(=O)O[C@@H]1C[C@@]23COC[C@](C)([C@@H]2CC[C@H]2C3=CC[C@@]3(C)[C@H](C(=O)O)[C@@](C)([C@H](C)C(C)C)CC[C@]23C)[C@H]1OC(=O)C(N)CCCCNS(=O)(=O)c1ccc(C(C)(C)C)cc1. The molecule has 1 heterocycles. The van der Waals surface area contributed by atoms with Gasteiger partial charge in [-0.15, -0.1) is 0 Å². The Morgan fingerprint density at radius 3 is 2.23 bits per heavy atom. The number of nitrogens with one attached hydrogen (secondary N) is 1. The number of esters is 2. The van der Waals surface area contributed by atoms with E-state index in [1.54, 1.807) is 12.1 Å². The summed E-state index contributed by atoms with van der Waals surface area (Å²) >= 11 is 0. The third-order valence-corrected chi connectivity index (χ3v) is 18.7. The van der Waals surface area contributed by atoms with Crippen LogP contribution in [-0.4, -0.2) is 69.4 Å². The highest BCUT2D eigenvalue weighted by molar-refractivity contribution is 7.89. The molecular weight excluding hydrogens is 781 g/mol. The van der Waals surface area contributed by atoms with E-state index in [9.17, 15) is 27.9 Å². The molecule has 1 aliphatic heterocycles. The maximum absolute atomic E-state index is 13.8. The molecule has 4 fully saturated rings. The largest absolute Gasteiger partial charge is 0.481 e. The predicted octanol–water partition coefficient (Wildman–Crippen LogP) is 8.19. The van der Waals surface area contributed by atoms with Crippen LogP contribution in [0.5, 0.6) is 0 Å². The van der Waals surface area contributed by atoms with Crippen molar-refractivity contribution in [2.75, 3.05) is 19.8 Å². The Morgan fingerprint density at radius 2 is 1.63 bits per heavy atom. The summed E-state index contributed by atoms with van der Waals surface area (Å²) in [5.74, 6) is -1.41. The van der Waals surface area contributed by atoms with Crippen molar-refractivity contribution in [2.24, 2.45) is 62.4 Å². The van der Waals surface area contributed by atoms with Crippen LogP contribution in [-0.2, 0) is 44.0 Å². The van der Waals surface area contributed by atoms with Crippen LogP contribution in [0.25, 0.3) is 0 Å². The number of allylic oxidation sites excluding steroid dienone is 1. The third-order valence-electron chi connectivity index (χ3n) is 17.2. The maximum atomic E-state index is 13.8. The molecule has 12 heteroatoms. The van der Waals surface area contributed by atoms with E-state index in [2.05, 4.69) is 80.0 Å². The van der Waals surface area contributed by atoms with E-state index < -0.39 is 68.3 Å². The van der Waals surface area contributed by atoms with Gasteiger partial charge in [-0.25, -0.2) is 13.1 Å². The normalized spacial score (nSPS) is 37.4. The summed E-state index contributed by atoms with van der Waals surface area (Å²) < 4.78 is 47.5. The number of carbonyl (C=O) groups excluding carboxylic acids is 2. The molecule has 12 atom stereocenters. The molecule has 336 valence electrons. The van der Waals surface area contributed by atoms with Gasteiger partial charge in [0.05, 0.1) is 24.0 Å². The van der Waals surface area contributed by atoms with Gasteiger partial charge in [-0.1, -0.05) is 99.4 Å². The Bertz CT molecular complexity index is 1940. The summed E-state index contributed by atoms with van der Waals surface area (Å²) in [6.45, 7) is 24.2. The number of fused-ring (bicyclic) bond motifs is 3. The number of benzene rings is 1. The summed E-state index contributed by atoms with van der Waals surface area (Å²) in [6, 6.07) is 5.96. The summed E-state index contributed by atoms with van der Waals surface area (Å²) in [4.78, 5) is 40.2. The number of aliphatic carboxylic acids is 1. The van der Waals surface area contributed by atoms with E-state index in [1.807, 2.05) is 12.1 Å². The standard InChI is InChI=1S/C48H74N2O9S/c1-29(2)30(3)44(8)23-24-46(10)34-19-20-38-45(9)27-57-28-48(38,35(34)21-22-47(46,11)39(44)41(52)53)26-37(58-31(4)51)40(45)59-42(54)36(49)14-12-13-25-50-60(55,56)33-17-15-32(16-18-33)43(5,6)7/h15-18,21,29-30,34,36-40,50H,12-14,19-20,22-28,49H2,1-11H3,(H,52,53)/t30-,34+,36?,37-,38+,39-,40+,44-,45-,46-,47+,48+/m1/s1. The van der Waals surface area contributed by atoms with Gasteiger partial charge in [0.2, 0.25) is 10.0 Å². The van der Waals surface area contributed by atoms with Crippen LogP contribution in [0.1, 0.15) is 140 Å². The Kier molecular flexibility index (Phi) is 12.8. The molecule has 60 heavy (non-hydrogen) atoms. The molecule has 4 aliphatic carbocycles.